The Morgan fingerprint density at radius 2 is 1.83 bits per heavy atom. The number of ether oxygens (including phenoxy) is 1. The minimum Gasteiger partial charge on any atom is -0.494 e. The number of benzene rings is 1. The van der Waals surface area contributed by atoms with Crippen molar-refractivity contribution >= 4 is 33.7 Å². The van der Waals surface area contributed by atoms with E-state index in [0.717, 1.165) is 71.7 Å². The van der Waals surface area contributed by atoms with Gasteiger partial charge < -0.3 is 29.4 Å². The normalized spacial score (nSPS) is 22.3. The van der Waals surface area contributed by atoms with E-state index >= 15 is 0 Å². The van der Waals surface area contributed by atoms with E-state index in [2.05, 4.69) is 36.1 Å². The molecule has 1 aromatic carbocycles. The summed E-state index contributed by atoms with van der Waals surface area (Å²) in [5, 5.41) is 10.2. The van der Waals surface area contributed by atoms with E-state index < -0.39 is 0 Å². The molecule has 12 nitrogen and oxygen atoms in total. The van der Waals surface area contributed by atoms with E-state index in [0.29, 0.717) is 42.2 Å². The molecule has 2 N–H and O–H groups in total. The summed E-state index contributed by atoms with van der Waals surface area (Å²) in [4.78, 5) is 36.5. The molecule has 2 saturated heterocycles. The highest BCUT2D eigenvalue weighted by Gasteiger charge is 2.47. The molecule has 2 unspecified atom stereocenters. The van der Waals surface area contributed by atoms with Crippen molar-refractivity contribution in [3.63, 3.8) is 0 Å². The van der Waals surface area contributed by atoms with Crippen molar-refractivity contribution in [1.82, 2.24) is 34.0 Å². The Labute approximate surface area is 271 Å². The van der Waals surface area contributed by atoms with Gasteiger partial charge in [0, 0.05) is 67.9 Å². The average Bonchev–Trinajstić information content (AvgIpc) is 3.44. The summed E-state index contributed by atoms with van der Waals surface area (Å²) in [7, 11) is 1.66. The van der Waals surface area contributed by atoms with E-state index in [1.54, 1.807) is 19.5 Å². The maximum Gasteiger partial charge on any atom is 0.254 e. The Kier molecular flexibility index (Phi) is 6.47. The van der Waals surface area contributed by atoms with E-state index in [9.17, 15) is 4.79 Å². The molecule has 12 heteroatoms. The summed E-state index contributed by atoms with van der Waals surface area (Å²) in [6.07, 6.45) is 9.77. The van der Waals surface area contributed by atoms with Crippen LogP contribution in [0, 0.1) is 29.1 Å². The minimum absolute atomic E-state index is 0.00438. The molecule has 4 fully saturated rings. The predicted octanol–water partition coefficient (Wildman–Crippen LogP) is 3.83. The number of methoxy groups -OCH3 is 1. The predicted molar refractivity (Wildman–Crippen MR) is 176 cm³/mol. The van der Waals surface area contributed by atoms with Gasteiger partial charge in [-0.15, -0.1) is 0 Å². The number of nitrogens with two attached hydrogens (primary N) is 1. The lowest BCUT2D eigenvalue weighted by atomic mass is 9.99. The second kappa shape index (κ2) is 10.8. The Balaban J connectivity index is 1.13. The molecular formula is C35H36N10O2. The van der Waals surface area contributed by atoms with Crippen LogP contribution in [0.5, 0.6) is 5.75 Å². The zero-order valence-electron chi connectivity index (χ0n) is 26.3. The highest BCUT2D eigenvalue weighted by atomic mass is 16.5. The second-order valence-electron chi connectivity index (χ2n) is 13.7. The number of pyridine rings is 1. The van der Waals surface area contributed by atoms with Gasteiger partial charge in [0.1, 0.15) is 23.0 Å². The van der Waals surface area contributed by atoms with Gasteiger partial charge in [0.25, 0.3) is 5.91 Å². The standard InChI is InChI=1S/C35H36N10O2/c1-47-29-11-24(35(46)44-19-23-6-7-27(44)31(23)37)9-26-32(29)45(18-21-15-42(16-21)25-13-39-30(12-36)40-14-25)34(41-26)28-10-22-3-2-8-38-33(22)43(28)17-20-4-5-20/h2-3,8-11,13-14,20-21,23,27,31H,4-7,15-19,37H2,1H3/t23?,27?,31-/m1/s1. The van der Waals surface area contributed by atoms with Gasteiger partial charge in [-0.2, -0.15) is 5.26 Å². The highest BCUT2D eigenvalue weighted by Crippen LogP contribution is 2.41. The number of hydrogen-bond donors (Lipinski definition) is 1. The number of fused-ring (bicyclic) bond motifs is 4. The van der Waals surface area contributed by atoms with Crippen LogP contribution in [-0.4, -0.2) is 78.7 Å². The van der Waals surface area contributed by atoms with Gasteiger partial charge in [-0.1, -0.05) is 0 Å². The van der Waals surface area contributed by atoms with Crippen molar-refractivity contribution in [1.29, 1.82) is 5.26 Å². The molecule has 2 bridgehead atoms. The van der Waals surface area contributed by atoms with Crippen LogP contribution in [0.3, 0.4) is 0 Å². The smallest absolute Gasteiger partial charge is 0.254 e. The fourth-order valence-electron chi connectivity index (χ4n) is 8.04. The van der Waals surface area contributed by atoms with Gasteiger partial charge in [0.2, 0.25) is 5.82 Å². The molecule has 5 aromatic rings. The third kappa shape index (κ3) is 4.63. The van der Waals surface area contributed by atoms with Crippen LogP contribution in [0.25, 0.3) is 33.6 Å². The van der Waals surface area contributed by atoms with Gasteiger partial charge in [-0.05, 0) is 67.9 Å². The number of rotatable bonds is 8. The number of likely N-dealkylation sites (tertiary alicyclic amines) is 1. The monoisotopic (exact) mass is 628 g/mol. The molecule has 2 aliphatic heterocycles. The molecule has 238 valence electrons. The Morgan fingerprint density at radius 3 is 2.53 bits per heavy atom. The topological polar surface area (TPSA) is 144 Å². The van der Waals surface area contributed by atoms with Gasteiger partial charge in [0.05, 0.1) is 36.4 Å². The van der Waals surface area contributed by atoms with Crippen molar-refractivity contribution < 1.29 is 9.53 Å². The Hall–Kier alpha value is -5.02. The molecule has 4 aliphatic rings. The van der Waals surface area contributed by atoms with Crippen LogP contribution in [0.2, 0.25) is 0 Å². The first-order valence-corrected chi connectivity index (χ1v) is 16.6. The number of aromatic nitrogens is 6. The quantitative estimate of drug-likeness (QED) is 0.271. The third-order valence-corrected chi connectivity index (χ3v) is 10.7. The van der Waals surface area contributed by atoms with Crippen LogP contribution in [0.4, 0.5) is 5.69 Å². The summed E-state index contributed by atoms with van der Waals surface area (Å²) in [5.41, 5.74) is 11.6. The largest absolute Gasteiger partial charge is 0.494 e. The number of nitrogens with zero attached hydrogens (tertiary/aromatic N) is 9. The molecular weight excluding hydrogens is 592 g/mol. The Morgan fingerprint density at radius 1 is 1.02 bits per heavy atom. The first kappa shape index (κ1) is 28.2. The van der Waals surface area contributed by atoms with Crippen molar-refractivity contribution in [2.24, 2.45) is 23.5 Å². The van der Waals surface area contributed by atoms with Gasteiger partial charge in [-0.25, -0.2) is 19.9 Å². The van der Waals surface area contributed by atoms with Gasteiger partial charge in [-0.3, -0.25) is 4.79 Å². The fourth-order valence-corrected chi connectivity index (χ4v) is 8.04. The van der Waals surface area contributed by atoms with Crippen LogP contribution in [0.15, 0.2) is 48.9 Å². The lowest BCUT2D eigenvalue weighted by Gasteiger charge is -2.41. The lowest BCUT2D eigenvalue weighted by Crippen LogP contribution is -2.48. The second-order valence-corrected chi connectivity index (χ2v) is 13.7. The van der Waals surface area contributed by atoms with E-state index in [-0.39, 0.29) is 23.8 Å². The number of hydrogen-bond acceptors (Lipinski definition) is 9. The fraction of sp³-hybridized carbons (Fsp3) is 0.429. The summed E-state index contributed by atoms with van der Waals surface area (Å²) >= 11 is 0. The zero-order chi connectivity index (χ0) is 31.8. The van der Waals surface area contributed by atoms with Gasteiger partial charge >= 0.3 is 0 Å². The molecule has 0 radical (unpaired) electrons. The summed E-state index contributed by atoms with van der Waals surface area (Å²) in [5.74, 6) is 2.99. The van der Waals surface area contributed by atoms with Crippen molar-refractivity contribution in [2.45, 2.75) is 50.9 Å². The number of piperidine rings is 1. The van der Waals surface area contributed by atoms with Crippen molar-refractivity contribution in [3.05, 3.63) is 60.3 Å². The number of imidazole rings is 1. The Bertz CT molecular complexity index is 2070. The average molecular weight is 629 g/mol. The maximum atomic E-state index is 13.9. The van der Waals surface area contributed by atoms with Crippen LogP contribution in [-0.2, 0) is 13.1 Å². The van der Waals surface area contributed by atoms with Crippen LogP contribution < -0.4 is 15.4 Å². The summed E-state index contributed by atoms with van der Waals surface area (Å²) in [6.45, 7) is 3.95. The number of nitriles is 1. The molecule has 47 heavy (non-hydrogen) atoms. The highest BCUT2D eigenvalue weighted by molar-refractivity contribution is 6.00. The van der Waals surface area contributed by atoms with Crippen molar-refractivity contribution in [3.8, 4) is 23.3 Å². The number of amides is 1. The number of carbonyl (C=O) groups is 1. The van der Waals surface area contributed by atoms with E-state index in [4.69, 9.17) is 25.7 Å². The summed E-state index contributed by atoms with van der Waals surface area (Å²) in [6, 6.07) is 12.2. The van der Waals surface area contributed by atoms with E-state index in [1.807, 2.05) is 35.4 Å². The van der Waals surface area contributed by atoms with Crippen molar-refractivity contribution in [2.75, 3.05) is 31.6 Å². The molecule has 2 aliphatic carbocycles. The van der Waals surface area contributed by atoms with Crippen LogP contribution >= 0.6 is 0 Å². The molecule has 2 saturated carbocycles. The summed E-state index contributed by atoms with van der Waals surface area (Å²) < 4.78 is 10.6. The minimum atomic E-state index is -0.00438. The molecule has 0 spiro atoms. The van der Waals surface area contributed by atoms with Crippen LogP contribution in [0.1, 0.15) is 41.9 Å². The zero-order valence-corrected chi connectivity index (χ0v) is 26.3. The third-order valence-electron chi connectivity index (χ3n) is 10.7. The van der Waals surface area contributed by atoms with E-state index in [1.165, 1.54) is 12.8 Å². The maximum absolute atomic E-state index is 13.9. The molecule has 9 rings (SSSR count). The molecule has 3 atom stereocenters. The molecule has 4 aromatic heterocycles. The first-order valence-electron chi connectivity index (χ1n) is 16.6. The molecule has 1 amide bonds. The number of anilines is 1. The number of carbonyl (C=O) groups excluding carboxylic acids is 1. The molecule has 6 heterocycles. The van der Waals surface area contributed by atoms with Gasteiger partial charge in [0.15, 0.2) is 5.82 Å². The lowest BCUT2D eigenvalue weighted by molar-refractivity contribution is 0.0700. The SMILES string of the molecule is COc1cc(C(=O)N2CC3CCC2[C@@H]3N)cc2nc(-c3cc4cccnc4n3CC3CC3)n(CC3CN(c4cnc(C#N)nc4)C3)c12. The first-order chi connectivity index (χ1) is 23.0.